The Labute approximate surface area is 163 Å². The van der Waals surface area contributed by atoms with Crippen LogP contribution in [0.15, 0.2) is 79.3 Å². The highest BCUT2D eigenvalue weighted by Crippen LogP contribution is 2.25. The number of anilines is 1. The molecule has 5 heteroatoms. The van der Waals surface area contributed by atoms with E-state index in [1.165, 1.54) is 0 Å². The fourth-order valence-electron chi connectivity index (χ4n) is 3.20. The number of nitrogens with one attached hydrogen (secondary N) is 1. The number of aryl methyl sites for hydroxylation is 1. The molecule has 0 fully saturated rings. The van der Waals surface area contributed by atoms with Crippen LogP contribution in [0.1, 0.15) is 23.7 Å². The minimum atomic E-state index is -0.119. The third kappa shape index (κ3) is 3.74. The van der Waals surface area contributed by atoms with Crippen molar-refractivity contribution in [1.82, 2.24) is 9.55 Å². The standard InChI is InChI=1S/C23H21N3O2/c1-2-14-26-16-21(20-7-3-4-8-22(20)26)23(27)25-17-9-11-18(12-10-17)28-19-6-5-13-24-15-19/h3-13,15-16H,2,14H2,1H3,(H,25,27). The first kappa shape index (κ1) is 17.8. The van der Waals surface area contributed by atoms with Crippen LogP contribution in [0.25, 0.3) is 10.9 Å². The molecule has 0 aliphatic rings. The SMILES string of the molecule is CCCn1cc(C(=O)Nc2ccc(Oc3cccnc3)cc2)c2ccccc21. The predicted molar refractivity (Wildman–Crippen MR) is 111 cm³/mol. The van der Waals surface area contributed by atoms with Crippen LogP contribution >= 0.6 is 0 Å². The van der Waals surface area contributed by atoms with Crippen LogP contribution in [0.3, 0.4) is 0 Å². The topological polar surface area (TPSA) is 56.2 Å². The van der Waals surface area contributed by atoms with Crippen LogP contribution in [-0.4, -0.2) is 15.5 Å². The third-order valence-electron chi connectivity index (χ3n) is 4.48. The van der Waals surface area contributed by atoms with E-state index in [1.807, 2.05) is 66.9 Å². The van der Waals surface area contributed by atoms with Gasteiger partial charge < -0.3 is 14.6 Å². The first-order valence-corrected chi connectivity index (χ1v) is 9.32. The van der Waals surface area contributed by atoms with Gasteiger partial charge in [-0.2, -0.15) is 0 Å². The molecule has 2 heterocycles. The van der Waals surface area contributed by atoms with E-state index in [9.17, 15) is 4.79 Å². The number of fused-ring (bicyclic) bond motifs is 1. The molecule has 2 aromatic heterocycles. The first-order chi connectivity index (χ1) is 13.7. The van der Waals surface area contributed by atoms with Crippen molar-refractivity contribution in [2.45, 2.75) is 19.9 Å². The summed E-state index contributed by atoms with van der Waals surface area (Å²) in [5.74, 6) is 1.24. The van der Waals surface area contributed by atoms with Gasteiger partial charge in [0.25, 0.3) is 5.91 Å². The Morgan fingerprint density at radius 3 is 2.61 bits per heavy atom. The van der Waals surface area contributed by atoms with E-state index in [4.69, 9.17) is 4.74 Å². The highest BCUT2D eigenvalue weighted by Gasteiger charge is 2.14. The molecule has 4 rings (SSSR count). The van der Waals surface area contributed by atoms with E-state index in [-0.39, 0.29) is 5.91 Å². The van der Waals surface area contributed by atoms with Crippen molar-refractivity contribution >= 4 is 22.5 Å². The minimum Gasteiger partial charge on any atom is -0.456 e. The van der Waals surface area contributed by atoms with Crippen LogP contribution < -0.4 is 10.1 Å². The van der Waals surface area contributed by atoms with Crippen LogP contribution in [0.5, 0.6) is 11.5 Å². The maximum Gasteiger partial charge on any atom is 0.257 e. The second-order valence-electron chi connectivity index (χ2n) is 6.52. The number of rotatable bonds is 6. The highest BCUT2D eigenvalue weighted by atomic mass is 16.5. The number of ether oxygens (including phenoxy) is 1. The van der Waals surface area contributed by atoms with Crippen molar-refractivity contribution in [3.8, 4) is 11.5 Å². The van der Waals surface area contributed by atoms with Crippen molar-refractivity contribution < 1.29 is 9.53 Å². The molecule has 4 aromatic rings. The fourth-order valence-corrected chi connectivity index (χ4v) is 3.20. The Morgan fingerprint density at radius 2 is 1.86 bits per heavy atom. The molecule has 0 radical (unpaired) electrons. The van der Waals surface area contributed by atoms with E-state index in [2.05, 4.69) is 21.8 Å². The summed E-state index contributed by atoms with van der Waals surface area (Å²) in [5.41, 5.74) is 2.48. The normalized spacial score (nSPS) is 10.8. The van der Waals surface area contributed by atoms with Gasteiger partial charge in [0.2, 0.25) is 0 Å². The van der Waals surface area contributed by atoms with Crippen molar-refractivity contribution in [3.05, 3.63) is 84.8 Å². The summed E-state index contributed by atoms with van der Waals surface area (Å²) in [5, 5.41) is 3.94. The van der Waals surface area contributed by atoms with Crippen LogP contribution in [-0.2, 0) is 6.54 Å². The Bertz CT molecular complexity index is 1090. The number of carbonyl (C=O) groups excluding carboxylic acids is 1. The molecule has 0 spiro atoms. The van der Waals surface area contributed by atoms with Crippen molar-refractivity contribution in [3.63, 3.8) is 0 Å². The van der Waals surface area contributed by atoms with Crippen LogP contribution in [0, 0.1) is 0 Å². The maximum absolute atomic E-state index is 12.9. The molecule has 0 aliphatic carbocycles. The van der Waals surface area contributed by atoms with Crippen molar-refractivity contribution in [2.24, 2.45) is 0 Å². The number of amides is 1. The zero-order chi connectivity index (χ0) is 19.3. The molecule has 0 atom stereocenters. The Kier molecular flexibility index (Phi) is 5.06. The van der Waals surface area contributed by atoms with Gasteiger partial charge in [0.05, 0.1) is 11.8 Å². The van der Waals surface area contributed by atoms with E-state index in [0.717, 1.165) is 29.6 Å². The smallest absolute Gasteiger partial charge is 0.257 e. The Morgan fingerprint density at radius 1 is 1.04 bits per heavy atom. The van der Waals surface area contributed by atoms with E-state index >= 15 is 0 Å². The number of nitrogens with zero attached hydrogens (tertiary/aromatic N) is 2. The van der Waals surface area contributed by atoms with Gasteiger partial charge >= 0.3 is 0 Å². The molecular formula is C23H21N3O2. The summed E-state index contributed by atoms with van der Waals surface area (Å²) in [6.45, 7) is 3.01. The lowest BCUT2D eigenvalue weighted by Crippen LogP contribution is -2.11. The monoisotopic (exact) mass is 371 g/mol. The number of pyridine rings is 1. The lowest BCUT2D eigenvalue weighted by atomic mass is 10.1. The predicted octanol–water partition coefficient (Wildman–Crippen LogP) is 5.49. The van der Waals surface area contributed by atoms with E-state index in [0.29, 0.717) is 17.1 Å². The Balaban J connectivity index is 1.52. The van der Waals surface area contributed by atoms with E-state index < -0.39 is 0 Å². The molecule has 140 valence electrons. The average Bonchev–Trinajstić information content (AvgIpc) is 3.09. The molecule has 0 bridgehead atoms. The van der Waals surface area contributed by atoms with Gasteiger partial charge in [0.15, 0.2) is 0 Å². The zero-order valence-corrected chi connectivity index (χ0v) is 15.6. The number of hydrogen-bond donors (Lipinski definition) is 1. The number of hydrogen-bond acceptors (Lipinski definition) is 3. The molecule has 0 aliphatic heterocycles. The fraction of sp³-hybridized carbons (Fsp3) is 0.130. The van der Waals surface area contributed by atoms with Gasteiger partial charge in [-0.25, -0.2) is 0 Å². The lowest BCUT2D eigenvalue weighted by molar-refractivity contribution is 0.102. The summed E-state index contributed by atoms with van der Waals surface area (Å²) in [7, 11) is 0. The summed E-state index contributed by atoms with van der Waals surface area (Å²) in [4.78, 5) is 16.9. The molecule has 2 aromatic carbocycles. The quantitative estimate of drug-likeness (QED) is 0.487. The van der Waals surface area contributed by atoms with Gasteiger partial charge in [0.1, 0.15) is 11.5 Å². The second-order valence-corrected chi connectivity index (χ2v) is 6.52. The molecule has 1 amide bonds. The second kappa shape index (κ2) is 7.96. The summed E-state index contributed by atoms with van der Waals surface area (Å²) < 4.78 is 7.87. The van der Waals surface area contributed by atoms with Crippen LogP contribution in [0.4, 0.5) is 5.69 Å². The molecule has 1 N–H and O–H groups in total. The minimum absolute atomic E-state index is 0.119. The number of carbonyl (C=O) groups is 1. The third-order valence-corrected chi connectivity index (χ3v) is 4.48. The van der Waals surface area contributed by atoms with Gasteiger partial charge in [-0.3, -0.25) is 9.78 Å². The number of benzene rings is 2. The number of aromatic nitrogens is 2. The molecule has 0 saturated heterocycles. The summed E-state index contributed by atoms with van der Waals surface area (Å²) >= 11 is 0. The van der Waals surface area contributed by atoms with Crippen LogP contribution in [0.2, 0.25) is 0 Å². The Hall–Kier alpha value is -3.60. The van der Waals surface area contributed by atoms with E-state index in [1.54, 1.807) is 12.4 Å². The van der Waals surface area contributed by atoms with Gasteiger partial charge in [-0.05, 0) is 48.9 Å². The first-order valence-electron chi connectivity index (χ1n) is 9.32. The van der Waals surface area contributed by atoms with Gasteiger partial charge in [0, 0.05) is 35.5 Å². The van der Waals surface area contributed by atoms with Gasteiger partial charge in [-0.1, -0.05) is 25.1 Å². The molecule has 28 heavy (non-hydrogen) atoms. The van der Waals surface area contributed by atoms with Crippen molar-refractivity contribution in [2.75, 3.05) is 5.32 Å². The molecule has 0 saturated carbocycles. The average molecular weight is 371 g/mol. The summed E-state index contributed by atoms with van der Waals surface area (Å²) in [6.07, 6.45) is 6.30. The lowest BCUT2D eigenvalue weighted by Gasteiger charge is -2.07. The number of para-hydroxylation sites is 1. The van der Waals surface area contributed by atoms with Crippen molar-refractivity contribution in [1.29, 1.82) is 0 Å². The highest BCUT2D eigenvalue weighted by molar-refractivity contribution is 6.13. The largest absolute Gasteiger partial charge is 0.456 e. The molecular weight excluding hydrogens is 350 g/mol. The van der Waals surface area contributed by atoms with Gasteiger partial charge in [-0.15, -0.1) is 0 Å². The zero-order valence-electron chi connectivity index (χ0n) is 15.6. The molecule has 5 nitrogen and oxygen atoms in total. The molecule has 0 unspecified atom stereocenters. The summed E-state index contributed by atoms with van der Waals surface area (Å²) in [6, 6.07) is 19.0. The maximum atomic E-state index is 12.9.